The van der Waals surface area contributed by atoms with Gasteiger partial charge in [-0.05, 0) is 6.92 Å². The van der Waals surface area contributed by atoms with Gasteiger partial charge in [0.25, 0.3) is 0 Å². The number of rotatable bonds is 11. The fourth-order valence-electron chi connectivity index (χ4n) is 1.58. The number of carboxylic acid groups (broad SMARTS) is 3. The highest BCUT2D eigenvalue weighted by Crippen LogP contribution is 1.95. The molecule has 0 bridgehead atoms. The Balaban J connectivity index is 4.70. The molecule has 26 heavy (non-hydrogen) atoms. The van der Waals surface area contributed by atoms with Crippen LogP contribution in [0.3, 0.4) is 0 Å². The van der Waals surface area contributed by atoms with Gasteiger partial charge in [0.05, 0.1) is 25.4 Å². The highest BCUT2D eigenvalue weighted by Gasteiger charge is 2.26. The van der Waals surface area contributed by atoms with E-state index in [2.05, 4.69) is 0 Å². The molecule has 146 valence electrons. The van der Waals surface area contributed by atoms with Crippen LogP contribution in [0.2, 0.25) is 0 Å². The molecule has 0 fully saturated rings. The van der Waals surface area contributed by atoms with Gasteiger partial charge < -0.3 is 37.0 Å². The quantitative estimate of drug-likeness (QED) is 0.188. The first-order chi connectivity index (χ1) is 11.9. The predicted octanol–water partition coefficient (Wildman–Crippen LogP) is -3.55. The first-order valence-electron chi connectivity index (χ1n) is 7.23. The van der Waals surface area contributed by atoms with Crippen molar-refractivity contribution in [3.63, 3.8) is 0 Å². The molecule has 0 aliphatic heterocycles. The average Bonchev–Trinajstić information content (AvgIpc) is 2.50. The van der Waals surface area contributed by atoms with E-state index in [-0.39, 0.29) is 0 Å². The summed E-state index contributed by atoms with van der Waals surface area (Å²) in [6.45, 7) is 0.452. The Morgan fingerprint density at radius 2 is 1.42 bits per heavy atom. The van der Waals surface area contributed by atoms with Gasteiger partial charge in [-0.2, -0.15) is 0 Å². The molecular weight excluding hydrogens is 356 g/mol. The molecule has 0 radical (unpaired) electrons. The van der Waals surface area contributed by atoms with Crippen LogP contribution in [0.25, 0.3) is 0 Å². The molecule has 0 spiro atoms. The first kappa shape index (κ1) is 22.8. The molecular formula is C13H20N4O9. The number of nitrogens with two attached hydrogens (primary N) is 1. The van der Waals surface area contributed by atoms with Gasteiger partial charge in [-0.15, -0.1) is 0 Å². The third-order valence-corrected chi connectivity index (χ3v) is 2.91. The predicted molar refractivity (Wildman–Crippen MR) is 82.7 cm³/mol. The van der Waals surface area contributed by atoms with E-state index in [0.717, 1.165) is 6.92 Å². The highest BCUT2D eigenvalue weighted by molar-refractivity contribution is 5.94. The number of nitrogens with one attached hydrogen (secondary N) is 3. The van der Waals surface area contributed by atoms with Crippen molar-refractivity contribution in [1.29, 1.82) is 0 Å². The van der Waals surface area contributed by atoms with Gasteiger partial charge in [-0.3, -0.25) is 28.8 Å². The molecule has 13 nitrogen and oxygen atoms in total. The minimum Gasteiger partial charge on any atom is -0.481 e. The summed E-state index contributed by atoms with van der Waals surface area (Å²) < 4.78 is 0. The number of hydrogen-bond acceptors (Lipinski definition) is 7. The fraction of sp³-hybridized carbons (Fsp3) is 0.538. The van der Waals surface area contributed by atoms with Crippen LogP contribution in [0.15, 0.2) is 0 Å². The van der Waals surface area contributed by atoms with Crippen molar-refractivity contribution < 1.29 is 44.1 Å². The van der Waals surface area contributed by atoms with E-state index in [1.165, 1.54) is 0 Å². The Hall–Kier alpha value is -3.22. The normalized spacial score (nSPS) is 13.6. The lowest BCUT2D eigenvalue weighted by atomic mass is 10.1. The third-order valence-electron chi connectivity index (χ3n) is 2.91. The number of carbonyl (C=O) groups is 6. The molecule has 8 N–H and O–H groups in total. The second kappa shape index (κ2) is 10.6. The summed E-state index contributed by atoms with van der Waals surface area (Å²) in [5.74, 6) is -7.03. The van der Waals surface area contributed by atoms with Crippen molar-refractivity contribution in [2.75, 3.05) is 6.54 Å². The molecule has 0 aromatic heterocycles. The molecule has 3 unspecified atom stereocenters. The third kappa shape index (κ3) is 9.17. The summed E-state index contributed by atoms with van der Waals surface area (Å²) in [7, 11) is 0. The zero-order chi connectivity index (χ0) is 20.4. The van der Waals surface area contributed by atoms with E-state index >= 15 is 0 Å². The molecule has 3 atom stereocenters. The van der Waals surface area contributed by atoms with Crippen LogP contribution in [0.5, 0.6) is 0 Å². The first-order valence-corrected chi connectivity index (χ1v) is 7.23. The average molecular weight is 376 g/mol. The van der Waals surface area contributed by atoms with Gasteiger partial charge in [-0.25, -0.2) is 0 Å². The smallest absolute Gasteiger partial charge is 0.325 e. The summed E-state index contributed by atoms with van der Waals surface area (Å²) in [5.41, 5.74) is 5.28. The Kier molecular flexibility index (Phi) is 9.29. The number of hydrogen-bond donors (Lipinski definition) is 7. The SMILES string of the molecule is CC(NC(=O)C(CC(=O)O)NC(=O)CNC(=O)C(N)CC(=O)O)C(=O)O. The molecule has 0 aromatic rings. The molecule has 13 heteroatoms. The van der Waals surface area contributed by atoms with E-state index in [0.29, 0.717) is 0 Å². The molecule has 0 aliphatic carbocycles. The summed E-state index contributed by atoms with van der Waals surface area (Å²) in [6.07, 6.45) is -1.49. The van der Waals surface area contributed by atoms with Crippen LogP contribution in [0.1, 0.15) is 19.8 Å². The van der Waals surface area contributed by atoms with Crippen LogP contribution in [0.4, 0.5) is 0 Å². The lowest BCUT2D eigenvalue weighted by Gasteiger charge is -2.19. The standard InChI is InChI=1S/C13H20N4O9/c1-5(13(25)26)16-12(24)7(3-10(21)22)17-8(18)4-15-11(23)6(14)2-9(19)20/h5-7H,2-4,14H2,1H3,(H,15,23)(H,16,24)(H,17,18)(H,19,20)(H,21,22)(H,25,26). The maximum Gasteiger partial charge on any atom is 0.325 e. The van der Waals surface area contributed by atoms with Crippen LogP contribution in [-0.2, 0) is 28.8 Å². The minimum absolute atomic E-state index is 0.662. The lowest BCUT2D eigenvalue weighted by molar-refractivity contribution is -0.143. The number of amides is 3. The minimum atomic E-state index is -1.58. The van der Waals surface area contributed by atoms with E-state index < -0.39 is 73.1 Å². The van der Waals surface area contributed by atoms with Crippen molar-refractivity contribution in [1.82, 2.24) is 16.0 Å². The number of carbonyl (C=O) groups excluding carboxylic acids is 3. The highest BCUT2D eigenvalue weighted by atomic mass is 16.4. The van der Waals surface area contributed by atoms with E-state index in [1.807, 2.05) is 16.0 Å². The maximum atomic E-state index is 11.9. The molecule has 0 saturated heterocycles. The number of carboxylic acids is 3. The molecule has 3 amide bonds. The van der Waals surface area contributed by atoms with Gasteiger partial charge in [0.1, 0.15) is 12.1 Å². The van der Waals surface area contributed by atoms with E-state index in [9.17, 15) is 28.8 Å². The summed E-state index contributed by atoms with van der Waals surface area (Å²) in [6, 6.07) is -4.29. The zero-order valence-electron chi connectivity index (χ0n) is 13.7. The fourth-order valence-corrected chi connectivity index (χ4v) is 1.58. The Morgan fingerprint density at radius 1 is 0.885 bits per heavy atom. The van der Waals surface area contributed by atoms with Crippen molar-refractivity contribution in [3.8, 4) is 0 Å². The zero-order valence-corrected chi connectivity index (χ0v) is 13.7. The second-order valence-electron chi connectivity index (χ2n) is 5.21. The van der Waals surface area contributed by atoms with Crippen molar-refractivity contribution in [3.05, 3.63) is 0 Å². The summed E-state index contributed by atoms with van der Waals surface area (Å²) >= 11 is 0. The maximum absolute atomic E-state index is 11.9. The van der Waals surface area contributed by atoms with E-state index in [4.69, 9.17) is 21.1 Å². The Bertz CT molecular complexity index is 592. The molecule has 0 saturated carbocycles. The topological polar surface area (TPSA) is 225 Å². The molecule has 0 aliphatic rings. The van der Waals surface area contributed by atoms with Gasteiger partial charge in [0.2, 0.25) is 17.7 Å². The Morgan fingerprint density at radius 3 is 1.88 bits per heavy atom. The Labute approximate surface area is 146 Å². The van der Waals surface area contributed by atoms with Crippen LogP contribution in [0, 0.1) is 0 Å². The molecule has 0 aromatic carbocycles. The van der Waals surface area contributed by atoms with Crippen molar-refractivity contribution >= 4 is 35.6 Å². The monoisotopic (exact) mass is 376 g/mol. The summed E-state index contributed by atoms with van der Waals surface area (Å²) in [5, 5.41) is 32.1. The van der Waals surface area contributed by atoms with Gasteiger partial charge in [0, 0.05) is 0 Å². The van der Waals surface area contributed by atoms with Gasteiger partial charge in [0.15, 0.2) is 0 Å². The van der Waals surface area contributed by atoms with Gasteiger partial charge in [-0.1, -0.05) is 0 Å². The molecule has 0 rings (SSSR count). The van der Waals surface area contributed by atoms with Gasteiger partial charge >= 0.3 is 17.9 Å². The van der Waals surface area contributed by atoms with Crippen LogP contribution in [-0.4, -0.2) is 75.6 Å². The second-order valence-corrected chi connectivity index (χ2v) is 5.21. The van der Waals surface area contributed by atoms with Crippen LogP contribution >= 0.6 is 0 Å². The molecule has 0 heterocycles. The van der Waals surface area contributed by atoms with Crippen molar-refractivity contribution in [2.24, 2.45) is 5.73 Å². The lowest BCUT2D eigenvalue weighted by Crippen LogP contribution is -2.53. The summed E-state index contributed by atoms with van der Waals surface area (Å²) in [4.78, 5) is 67.0. The number of aliphatic carboxylic acids is 3. The largest absolute Gasteiger partial charge is 0.481 e. The van der Waals surface area contributed by atoms with E-state index in [1.54, 1.807) is 0 Å². The van der Waals surface area contributed by atoms with Crippen molar-refractivity contribution in [2.45, 2.75) is 37.9 Å². The van der Waals surface area contributed by atoms with Crippen LogP contribution < -0.4 is 21.7 Å².